The highest BCUT2D eigenvalue weighted by molar-refractivity contribution is 5.41. The number of hydrogen-bond donors (Lipinski definition) is 1. The zero-order valence-electron chi connectivity index (χ0n) is 12.4. The van der Waals surface area contributed by atoms with Crippen molar-refractivity contribution >= 4 is 0 Å². The van der Waals surface area contributed by atoms with Gasteiger partial charge in [-0.25, -0.2) is 4.98 Å². The fourth-order valence-electron chi connectivity index (χ4n) is 1.99. The van der Waals surface area contributed by atoms with Crippen LogP contribution in [-0.2, 0) is 6.54 Å². The van der Waals surface area contributed by atoms with Gasteiger partial charge in [-0.15, -0.1) is 0 Å². The molecule has 0 bridgehead atoms. The van der Waals surface area contributed by atoms with Crippen molar-refractivity contribution in [3.05, 3.63) is 53.2 Å². The van der Waals surface area contributed by atoms with Crippen LogP contribution in [0, 0.1) is 13.8 Å². The average molecular weight is 270 g/mol. The van der Waals surface area contributed by atoms with Crippen LogP contribution in [0.2, 0.25) is 0 Å². The number of nitrogens with zero attached hydrogens (tertiary/aromatic N) is 1. The second kappa shape index (κ2) is 7.06. The SMILES string of the molecule is CCCNCc1cccnc1Oc1cccc(C)c1C. The highest BCUT2D eigenvalue weighted by atomic mass is 16.5. The van der Waals surface area contributed by atoms with Crippen molar-refractivity contribution in [2.75, 3.05) is 6.54 Å². The first kappa shape index (κ1) is 14.5. The monoisotopic (exact) mass is 270 g/mol. The first-order valence-corrected chi connectivity index (χ1v) is 7.11. The molecule has 0 saturated heterocycles. The van der Waals surface area contributed by atoms with Crippen molar-refractivity contribution in [2.24, 2.45) is 0 Å². The van der Waals surface area contributed by atoms with Crippen LogP contribution in [0.1, 0.15) is 30.0 Å². The Morgan fingerprint density at radius 3 is 2.80 bits per heavy atom. The van der Waals surface area contributed by atoms with Crippen LogP contribution >= 0.6 is 0 Å². The summed E-state index contributed by atoms with van der Waals surface area (Å²) in [4.78, 5) is 4.36. The first-order chi connectivity index (χ1) is 9.72. The van der Waals surface area contributed by atoms with E-state index in [2.05, 4.69) is 43.2 Å². The molecule has 20 heavy (non-hydrogen) atoms. The molecule has 0 radical (unpaired) electrons. The van der Waals surface area contributed by atoms with Gasteiger partial charge < -0.3 is 10.1 Å². The number of benzene rings is 1. The molecule has 0 unspecified atom stereocenters. The van der Waals surface area contributed by atoms with E-state index in [0.29, 0.717) is 5.88 Å². The summed E-state index contributed by atoms with van der Waals surface area (Å²) in [5.41, 5.74) is 3.47. The molecule has 3 heteroatoms. The molecule has 0 saturated carbocycles. The molecule has 3 nitrogen and oxygen atoms in total. The van der Waals surface area contributed by atoms with Gasteiger partial charge in [-0.3, -0.25) is 0 Å². The summed E-state index contributed by atoms with van der Waals surface area (Å²) in [6, 6.07) is 10.1. The number of pyridine rings is 1. The van der Waals surface area contributed by atoms with Crippen LogP contribution in [0.5, 0.6) is 11.6 Å². The van der Waals surface area contributed by atoms with Gasteiger partial charge in [0.25, 0.3) is 0 Å². The molecule has 0 aliphatic rings. The Labute approximate surface area is 121 Å². The van der Waals surface area contributed by atoms with Gasteiger partial charge in [0, 0.05) is 18.3 Å². The molecule has 1 aromatic carbocycles. The summed E-state index contributed by atoms with van der Waals surface area (Å²) in [6.07, 6.45) is 2.89. The number of aromatic nitrogens is 1. The van der Waals surface area contributed by atoms with E-state index in [0.717, 1.165) is 36.4 Å². The summed E-state index contributed by atoms with van der Waals surface area (Å²) in [5, 5.41) is 3.38. The van der Waals surface area contributed by atoms with Crippen LogP contribution < -0.4 is 10.1 Å². The standard InChI is InChI=1S/C17H22N2O/c1-4-10-18-12-15-8-6-11-19-17(15)20-16-9-5-7-13(2)14(16)3/h5-9,11,18H,4,10,12H2,1-3H3. The van der Waals surface area contributed by atoms with Crippen molar-refractivity contribution in [1.82, 2.24) is 10.3 Å². The summed E-state index contributed by atoms with van der Waals surface area (Å²) < 4.78 is 6.00. The third-order valence-corrected chi connectivity index (χ3v) is 3.35. The molecular formula is C17H22N2O. The second-order valence-electron chi connectivity index (χ2n) is 4.94. The van der Waals surface area contributed by atoms with E-state index in [1.165, 1.54) is 5.56 Å². The molecule has 0 aliphatic heterocycles. The largest absolute Gasteiger partial charge is 0.438 e. The lowest BCUT2D eigenvalue weighted by Gasteiger charge is -2.13. The molecule has 1 heterocycles. The van der Waals surface area contributed by atoms with E-state index >= 15 is 0 Å². The molecule has 0 atom stereocenters. The number of aryl methyl sites for hydroxylation is 1. The van der Waals surface area contributed by atoms with Gasteiger partial charge in [-0.1, -0.05) is 25.1 Å². The Balaban J connectivity index is 2.18. The maximum absolute atomic E-state index is 6.00. The number of ether oxygens (including phenoxy) is 1. The Bertz CT molecular complexity index is 567. The maximum atomic E-state index is 6.00. The lowest BCUT2D eigenvalue weighted by atomic mass is 10.1. The van der Waals surface area contributed by atoms with Crippen LogP contribution in [0.3, 0.4) is 0 Å². The van der Waals surface area contributed by atoms with E-state index < -0.39 is 0 Å². The van der Waals surface area contributed by atoms with E-state index in [1.54, 1.807) is 6.20 Å². The van der Waals surface area contributed by atoms with E-state index in [4.69, 9.17) is 4.74 Å². The Morgan fingerprint density at radius 1 is 1.15 bits per heavy atom. The highest BCUT2D eigenvalue weighted by Crippen LogP contribution is 2.27. The van der Waals surface area contributed by atoms with Crippen molar-refractivity contribution in [1.29, 1.82) is 0 Å². The molecule has 0 spiro atoms. The van der Waals surface area contributed by atoms with E-state index in [-0.39, 0.29) is 0 Å². The van der Waals surface area contributed by atoms with Crippen LogP contribution in [0.15, 0.2) is 36.5 Å². The smallest absolute Gasteiger partial charge is 0.223 e. The topological polar surface area (TPSA) is 34.2 Å². The summed E-state index contributed by atoms with van der Waals surface area (Å²) >= 11 is 0. The van der Waals surface area contributed by atoms with Gasteiger partial charge in [-0.2, -0.15) is 0 Å². The molecule has 0 fully saturated rings. The summed E-state index contributed by atoms with van der Waals surface area (Å²) in [5.74, 6) is 1.56. The number of hydrogen-bond acceptors (Lipinski definition) is 3. The zero-order valence-corrected chi connectivity index (χ0v) is 12.4. The van der Waals surface area contributed by atoms with Gasteiger partial charge in [0.05, 0.1) is 0 Å². The molecule has 0 amide bonds. The quantitative estimate of drug-likeness (QED) is 0.806. The molecule has 2 rings (SSSR count). The second-order valence-corrected chi connectivity index (χ2v) is 4.94. The Morgan fingerprint density at radius 2 is 2.00 bits per heavy atom. The van der Waals surface area contributed by atoms with E-state index in [1.807, 2.05) is 18.2 Å². The minimum atomic E-state index is 0.685. The minimum Gasteiger partial charge on any atom is -0.438 e. The van der Waals surface area contributed by atoms with Gasteiger partial charge in [0.2, 0.25) is 5.88 Å². The molecule has 1 N–H and O–H groups in total. The van der Waals surface area contributed by atoms with Crippen LogP contribution in [0.25, 0.3) is 0 Å². The normalized spacial score (nSPS) is 10.6. The Kier molecular flexibility index (Phi) is 5.13. The van der Waals surface area contributed by atoms with Gasteiger partial charge in [-0.05, 0) is 50.1 Å². The minimum absolute atomic E-state index is 0.685. The predicted octanol–water partition coefficient (Wildman–Crippen LogP) is 3.99. The van der Waals surface area contributed by atoms with Crippen molar-refractivity contribution < 1.29 is 4.74 Å². The van der Waals surface area contributed by atoms with Crippen molar-refractivity contribution in [2.45, 2.75) is 33.7 Å². The Hall–Kier alpha value is -1.87. The number of rotatable bonds is 6. The maximum Gasteiger partial charge on any atom is 0.223 e. The van der Waals surface area contributed by atoms with Crippen LogP contribution in [-0.4, -0.2) is 11.5 Å². The average Bonchev–Trinajstić information content (AvgIpc) is 2.46. The third kappa shape index (κ3) is 3.58. The predicted molar refractivity (Wildman–Crippen MR) is 82.2 cm³/mol. The van der Waals surface area contributed by atoms with Crippen LogP contribution in [0.4, 0.5) is 0 Å². The van der Waals surface area contributed by atoms with Gasteiger partial charge in [0.15, 0.2) is 0 Å². The lowest BCUT2D eigenvalue weighted by molar-refractivity contribution is 0.449. The summed E-state index contributed by atoms with van der Waals surface area (Å²) in [7, 11) is 0. The van der Waals surface area contributed by atoms with Crippen molar-refractivity contribution in [3.63, 3.8) is 0 Å². The number of nitrogens with one attached hydrogen (secondary N) is 1. The highest BCUT2D eigenvalue weighted by Gasteiger charge is 2.08. The first-order valence-electron chi connectivity index (χ1n) is 7.11. The van der Waals surface area contributed by atoms with Gasteiger partial charge >= 0.3 is 0 Å². The molecule has 2 aromatic rings. The molecule has 0 aliphatic carbocycles. The fourth-order valence-corrected chi connectivity index (χ4v) is 1.99. The zero-order chi connectivity index (χ0) is 14.4. The van der Waals surface area contributed by atoms with Crippen molar-refractivity contribution in [3.8, 4) is 11.6 Å². The van der Waals surface area contributed by atoms with Gasteiger partial charge in [0.1, 0.15) is 5.75 Å². The fraction of sp³-hybridized carbons (Fsp3) is 0.353. The molecule has 106 valence electrons. The summed E-state index contributed by atoms with van der Waals surface area (Å²) in [6.45, 7) is 8.09. The third-order valence-electron chi connectivity index (χ3n) is 3.35. The lowest BCUT2D eigenvalue weighted by Crippen LogP contribution is -2.14. The molecule has 1 aromatic heterocycles. The molecular weight excluding hydrogens is 248 g/mol. The van der Waals surface area contributed by atoms with E-state index in [9.17, 15) is 0 Å².